The number of rotatable bonds is 5. The van der Waals surface area contributed by atoms with Crippen molar-refractivity contribution < 1.29 is 13.9 Å². The fraction of sp³-hybridized carbons (Fsp3) is 0.375. The van der Waals surface area contributed by atoms with Crippen LogP contribution < -0.4 is 15.7 Å². The largest absolute Gasteiger partial charge is 0.497 e. The van der Waals surface area contributed by atoms with E-state index in [1.807, 2.05) is 26.0 Å². The smallest absolute Gasteiger partial charge is 0.339 e. The van der Waals surface area contributed by atoms with E-state index in [0.717, 1.165) is 10.9 Å². The van der Waals surface area contributed by atoms with Gasteiger partial charge in [-0.2, -0.15) is 0 Å². The fourth-order valence-electron chi connectivity index (χ4n) is 2.31. The molecule has 0 fully saturated rings. The summed E-state index contributed by atoms with van der Waals surface area (Å²) < 4.78 is 10.5. The van der Waals surface area contributed by atoms with Gasteiger partial charge in [0, 0.05) is 30.0 Å². The second-order valence-corrected chi connectivity index (χ2v) is 4.81. The first kappa shape index (κ1) is 15.1. The van der Waals surface area contributed by atoms with Crippen molar-refractivity contribution in [2.75, 3.05) is 13.7 Å². The Kier molecular flexibility index (Phi) is 4.62. The summed E-state index contributed by atoms with van der Waals surface area (Å²) in [6.07, 6.45) is 0.656. The molecular weight excluding hydrogens is 270 g/mol. The van der Waals surface area contributed by atoms with Gasteiger partial charge in [-0.3, -0.25) is 4.79 Å². The molecule has 21 heavy (non-hydrogen) atoms. The summed E-state index contributed by atoms with van der Waals surface area (Å²) in [6, 6.07) is 5.38. The molecule has 0 radical (unpaired) electrons. The second-order valence-electron chi connectivity index (χ2n) is 4.81. The van der Waals surface area contributed by atoms with E-state index in [0.29, 0.717) is 29.9 Å². The van der Waals surface area contributed by atoms with E-state index in [9.17, 15) is 9.59 Å². The number of ether oxygens (including phenoxy) is 1. The first-order valence-electron chi connectivity index (χ1n) is 6.93. The molecule has 0 aliphatic rings. The fourth-order valence-corrected chi connectivity index (χ4v) is 2.31. The maximum absolute atomic E-state index is 12.1. The average Bonchev–Trinajstić information content (AvgIpc) is 2.46. The first-order valence-corrected chi connectivity index (χ1v) is 6.93. The molecule has 5 heteroatoms. The number of carbonyl (C=O) groups excluding carboxylic acids is 1. The lowest BCUT2D eigenvalue weighted by Crippen LogP contribution is -2.24. The highest BCUT2D eigenvalue weighted by molar-refractivity contribution is 5.82. The van der Waals surface area contributed by atoms with Crippen LogP contribution in [-0.4, -0.2) is 19.6 Å². The molecule has 0 bridgehead atoms. The Bertz CT molecular complexity index is 718. The van der Waals surface area contributed by atoms with E-state index >= 15 is 0 Å². The number of hydrogen-bond donors (Lipinski definition) is 1. The van der Waals surface area contributed by atoms with Gasteiger partial charge >= 0.3 is 5.63 Å². The summed E-state index contributed by atoms with van der Waals surface area (Å²) in [5.41, 5.74) is 1.52. The highest BCUT2D eigenvalue weighted by Gasteiger charge is 2.13. The van der Waals surface area contributed by atoms with Gasteiger partial charge in [0.1, 0.15) is 11.3 Å². The monoisotopic (exact) mass is 289 g/mol. The van der Waals surface area contributed by atoms with Crippen molar-refractivity contribution in [1.82, 2.24) is 5.32 Å². The number of fused-ring (bicyclic) bond motifs is 1. The Morgan fingerprint density at radius 2 is 2.14 bits per heavy atom. The summed E-state index contributed by atoms with van der Waals surface area (Å²) in [5, 5.41) is 3.58. The third-order valence-electron chi connectivity index (χ3n) is 3.47. The van der Waals surface area contributed by atoms with Crippen molar-refractivity contribution in [3.05, 3.63) is 39.7 Å². The van der Waals surface area contributed by atoms with E-state index in [2.05, 4.69) is 5.32 Å². The molecule has 1 N–H and O–H groups in total. The predicted molar refractivity (Wildman–Crippen MR) is 80.8 cm³/mol. The Morgan fingerprint density at radius 1 is 1.38 bits per heavy atom. The van der Waals surface area contributed by atoms with Crippen LogP contribution in [0.5, 0.6) is 5.75 Å². The molecule has 0 spiro atoms. The maximum Gasteiger partial charge on any atom is 0.339 e. The lowest BCUT2D eigenvalue weighted by Gasteiger charge is -2.08. The van der Waals surface area contributed by atoms with Gasteiger partial charge in [-0.1, -0.05) is 0 Å². The van der Waals surface area contributed by atoms with Crippen LogP contribution in [0.4, 0.5) is 0 Å². The number of benzene rings is 1. The zero-order valence-corrected chi connectivity index (χ0v) is 12.5. The number of methoxy groups -OCH3 is 1. The molecule has 112 valence electrons. The van der Waals surface area contributed by atoms with Crippen molar-refractivity contribution in [1.29, 1.82) is 0 Å². The number of nitrogens with one attached hydrogen (secondary N) is 1. The van der Waals surface area contributed by atoms with E-state index in [1.54, 1.807) is 13.2 Å². The Morgan fingerprint density at radius 3 is 2.81 bits per heavy atom. The molecule has 0 aliphatic heterocycles. The predicted octanol–water partition coefficient (Wildman–Crippen LogP) is 2.18. The van der Waals surface area contributed by atoms with Gasteiger partial charge in [-0.25, -0.2) is 4.79 Å². The van der Waals surface area contributed by atoms with E-state index in [4.69, 9.17) is 9.15 Å². The van der Waals surface area contributed by atoms with Crippen LogP contribution in [-0.2, 0) is 11.2 Å². The van der Waals surface area contributed by atoms with Crippen LogP contribution in [0.25, 0.3) is 11.0 Å². The molecule has 1 aromatic carbocycles. The molecule has 0 saturated heterocycles. The average molecular weight is 289 g/mol. The van der Waals surface area contributed by atoms with Crippen molar-refractivity contribution in [2.24, 2.45) is 0 Å². The Hall–Kier alpha value is -2.30. The summed E-state index contributed by atoms with van der Waals surface area (Å²) in [6.45, 7) is 4.32. The standard InChI is InChI=1S/C16H19NO4/c1-4-17-15(18)8-7-13-10(2)12-6-5-11(20-3)9-14(12)21-16(13)19/h5-6,9H,4,7-8H2,1-3H3,(H,17,18). The molecule has 0 saturated carbocycles. The van der Waals surface area contributed by atoms with Crippen molar-refractivity contribution in [3.63, 3.8) is 0 Å². The van der Waals surface area contributed by atoms with Crippen LogP contribution in [0, 0.1) is 6.92 Å². The molecule has 0 atom stereocenters. The molecular formula is C16H19NO4. The van der Waals surface area contributed by atoms with Crippen molar-refractivity contribution >= 4 is 16.9 Å². The van der Waals surface area contributed by atoms with Crippen LogP contribution in [0.1, 0.15) is 24.5 Å². The third kappa shape index (κ3) is 3.24. The van der Waals surface area contributed by atoms with Crippen LogP contribution in [0.2, 0.25) is 0 Å². The highest BCUT2D eigenvalue weighted by atomic mass is 16.5. The van der Waals surface area contributed by atoms with Gasteiger partial charge in [-0.05, 0) is 38.0 Å². The Labute approximate surface area is 122 Å². The van der Waals surface area contributed by atoms with Gasteiger partial charge in [0.05, 0.1) is 7.11 Å². The lowest BCUT2D eigenvalue weighted by atomic mass is 10.0. The summed E-state index contributed by atoms with van der Waals surface area (Å²) >= 11 is 0. The number of aryl methyl sites for hydroxylation is 1. The molecule has 1 amide bonds. The van der Waals surface area contributed by atoms with Crippen LogP contribution in [0.3, 0.4) is 0 Å². The lowest BCUT2D eigenvalue weighted by molar-refractivity contribution is -0.120. The normalized spacial score (nSPS) is 10.6. The van der Waals surface area contributed by atoms with Crippen LogP contribution >= 0.6 is 0 Å². The SMILES string of the molecule is CCNC(=O)CCc1c(C)c2ccc(OC)cc2oc1=O. The minimum atomic E-state index is -0.391. The number of carbonyl (C=O) groups is 1. The van der Waals surface area contributed by atoms with Gasteiger partial charge in [-0.15, -0.1) is 0 Å². The maximum atomic E-state index is 12.1. The van der Waals surface area contributed by atoms with Crippen molar-refractivity contribution in [2.45, 2.75) is 26.7 Å². The minimum Gasteiger partial charge on any atom is -0.497 e. The van der Waals surface area contributed by atoms with Gasteiger partial charge in [0.15, 0.2) is 0 Å². The molecule has 5 nitrogen and oxygen atoms in total. The first-order chi connectivity index (χ1) is 10.1. The van der Waals surface area contributed by atoms with Crippen LogP contribution in [0.15, 0.2) is 27.4 Å². The second kappa shape index (κ2) is 6.43. The summed E-state index contributed by atoms with van der Waals surface area (Å²) in [4.78, 5) is 23.6. The van der Waals surface area contributed by atoms with E-state index in [1.165, 1.54) is 0 Å². The molecule has 2 aromatic rings. The Balaban J connectivity index is 2.37. The molecule has 0 unspecified atom stereocenters. The number of hydrogen-bond acceptors (Lipinski definition) is 4. The van der Waals surface area contributed by atoms with E-state index < -0.39 is 5.63 Å². The number of amides is 1. The zero-order valence-electron chi connectivity index (χ0n) is 12.5. The van der Waals surface area contributed by atoms with Crippen molar-refractivity contribution in [3.8, 4) is 5.75 Å². The highest BCUT2D eigenvalue weighted by Crippen LogP contribution is 2.24. The zero-order chi connectivity index (χ0) is 15.4. The summed E-state index contributed by atoms with van der Waals surface area (Å²) in [7, 11) is 1.56. The van der Waals surface area contributed by atoms with Gasteiger partial charge < -0.3 is 14.5 Å². The molecule has 1 heterocycles. The topological polar surface area (TPSA) is 68.5 Å². The minimum absolute atomic E-state index is 0.0638. The molecule has 0 aliphatic carbocycles. The molecule has 1 aromatic heterocycles. The van der Waals surface area contributed by atoms with E-state index in [-0.39, 0.29) is 12.3 Å². The quantitative estimate of drug-likeness (QED) is 0.857. The third-order valence-corrected chi connectivity index (χ3v) is 3.47. The van der Waals surface area contributed by atoms with Gasteiger partial charge in [0.2, 0.25) is 5.91 Å². The molecule has 2 rings (SSSR count). The van der Waals surface area contributed by atoms with Gasteiger partial charge in [0.25, 0.3) is 0 Å². The summed E-state index contributed by atoms with van der Waals surface area (Å²) in [5.74, 6) is 0.575.